The molecule has 0 unspecified atom stereocenters. The molecule has 0 atom stereocenters. The number of hydrogen-bond acceptors (Lipinski definition) is 4. The van der Waals surface area contributed by atoms with Crippen molar-refractivity contribution in [2.75, 3.05) is 0 Å². The minimum atomic E-state index is -0.287. The van der Waals surface area contributed by atoms with Crippen LogP contribution in [0.3, 0.4) is 0 Å². The second-order valence-corrected chi connectivity index (χ2v) is 8.70. The van der Waals surface area contributed by atoms with Crippen LogP contribution in [0.2, 0.25) is 0 Å². The third-order valence-corrected chi connectivity index (χ3v) is 6.45. The Bertz CT molecular complexity index is 1840. The third kappa shape index (κ3) is 3.39. The van der Waals surface area contributed by atoms with Gasteiger partial charge in [-0.25, -0.2) is 0 Å². The summed E-state index contributed by atoms with van der Waals surface area (Å²) >= 11 is 0. The van der Waals surface area contributed by atoms with Crippen molar-refractivity contribution in [1.82, 2.24) is 0 Å². The van der Waals surface area contributed by atoms with Crippen LogP contribution >= 0.6 is 0 Å². The van der Waals surface area contributed by atoms with Gasteiger partial charge in [0.15, 0.2) is 5.78 Å². The summed E-state index contributed by atoms with van der Waals surface area (Å²) < 4.78 is 6.18. The summed E-state index contributed by atoms with van der Waals surface area (Å²) in [5.41, 5.74) is 4.52. The number of para-hydroxylation sites is 2. The van der Waals surface area contributed by atoms with Crippen molar-refractivity contribution in [2.45, 2.75) is 6.92 Å². The maximum atomic E-state index is 13.5. The molecular weight excluding hydrogens is 436 g/mol. The molecular formula is C31H20O4. The fourth-order valence-electron chi connectivity index (χ4n) is 4.64. The van der Waals surface area contributed by atoms with E-state index in [0.29, 0.717) is 32.9 Å². The third-order valence-electron chi connectivity index (χ3n) is 6.45. The first-order valence-electron chi connectivity index (χ1n) is 11.3. The van der Waals surface area contributed by atoms with Gasteiger partial charge in [-0.15, -0.1) is 0 Å². The molecule has 1 aromatic heterocycles. The molecule has 5 aromatic carbocycles. The molecule has 4 nitrogen and oxygen atoms in total. The Hall–Kier alpha value is -4.70. The summed E-state index contributed by atoms with van der Waals surface area (Å²) in [6.07, 6.45) is 0. The number of fused-ring (bicyclic) bond motifs is 4. The van der Waals surface area contributed by atoms with E-state index in [1.54, 1.807) is 48.5 Å². The molecule has 35 heavy (non-hydrogen) atoms. The van der Waals surface area contributed by atoms with Gasteiger partial charge >= 0.3 is 0 Å². The lowest BCUT2D eigenvalue weighted by Crippen LogP contribution is -2.05. The normalized spacial score (nSPS) is 11.3. The van der Waals surface area contributed by atoms with Crippen LogP contribution in [-0.4, -0.2) is 10.9 Å². The van der Waals surface area contributed by atoms with E-state index in [4.69, 9.17) is 4.42 Å². The number of benzene rings is 5. The van der Waals surface area contributed by atoms with Crippen LogP contribution in [0.4, 0.5) is 0 Å². The predicted molar refractivity (Wildman–Crippen MR) is 139 cm³/mol. The molecule has 0 spiro atoms. The highest BCUT2D eigenvalue weighted by atomic mass is 16.3. The van der Waals surface area contributed by atoms with Gasteiger partial charge in [-0.05, 0) is 65.2 Å². The van der Waals surface area contributed by atoms with E-state index in [0.717, 1.165) is 22.1 Å². The molecule has 0 amide bonds. The number of phenols is 1. The monoisotopic (exact) mass is 456 g/mol. The number of carbonyl (C=O) groups excluding carboxylic acids is 1. The summed E-state index contributed by atoms with van der Waals surface area (Å²) in [5.74, 6) is -0.354. The SMILES string of the molecule is Cc1ccc(-c2cc3oc4ccccc4c(=O)c3c3ccc(C(=O)c4ccccc4O)cc23)cc1. The first-order chi connectivity index (χ1) is 17.0. The van der Waals surface area contributed by atoms with E-state index in [-0.39, 0.29) is 22.5 Å². The van der Waals surface area contributed by atoms with E-state index in [2.05, 4.69) is 0 Å². The first kappa shape index (κ1) is 20.9. The van der Waals surface area contributed by atoms with Crippen LogP contribution in [-0.2, 0) is 0 Å². The van der Waals surface area contributed by atoms with Crippen molar-refractivity contribution in [3.8, 4) is 16.9 Å². The molecule has 0 aliphatic rings. The van der Waals surface area contributed by atoms with Crippen molar-refractivity contribution in [1.29, 1.82) is 0 Å². The average Bonchev–Trinajstić information content (AvgIpc) is 2.88. The average molecular weight is 456 g/mol. The lowest BCUT2D eigenvalue weighted by atomic mass is 9.91. The number of aryl methyl sites for hydroxylation is 1. The fourth-order valence-corrected chi connectivity index (χ4v) is 4.64. The Morgan fingerprint density at radius 1 is 0.743 bits per heavy atom. The van der Waals surface area contributed by atoms with Crippen LogP contribution in [0.5, 0.6) is 5.75 Å². The highest BCUT2D eigenvalue weighted by molar-refractivity contribution is 6.18. The fraction of sp³-hybridized carbons (Fsp3) is 0.0323. The van der Waals surface area contributed by atoms with Gasteiger partial charge in [0.05, 0.1) is 16.3 Å². The predicted octanol–water partition coefficient (Wildman–Crippen LogP) is 7.01. The summed E-state index contributed by atoms with van der Waals surface area (Å²) in [5, 5.41) is 12.7. The van der Waals surface area contributed by atoms with Crippen LogP contribution in [0, 0.1) is 6.92 Å². The van der Waals surface area contributed by atoms with Crippen LogP contribution < -0.4 is 5.43 Å². The van der Waals surface area contributed by atoms with Crippen LogP contribution in [0.15, 0.2) is 106 Å². The molecule has 1 N–H and O–H groups in total. The van der Waals surface area contributed by atoms with Crippen molar-refractivity contribution in [3.63, 3.8) is 0 Å². The zero-order valence-corrected chi connectivity index (χ0v) is 18.9. The van der Waals surface area contributed by atoms with Crippen LogP contribution in [0.1, 0.15) is 21.5 Å². The molecule has 6 aromatic rings. The molecule has 0 fully saturated rings. The van der Waals surface area contributed by atoms with Gasteiger partial charge in [0.25, 0.3) is 0 Å². The second-order valence-electron chi connectivity index (χ2n) is 8.70. The number of aromatic hydroxyl groups is 1. The maximum Gasteiger partial charge on any atom is 0.201 e. The summed E-state index contributed by atoms with van der Waals surface area (Å²) in [6.45, 7) is 2.02. The molecule has 0 saturated carbocycles. The van der Waals surface area contributed by atoms with Gasteiger partial charge in [-0.1, -0.05) is 66.2 Å². The van der Waals surface area contributed by atoms with E-state index in [1.807, 2.05) is 49.4 Å². The van der Waals surface area contributed by atoms with Gasteiger partial charge in [0, 0.05) is 5.56 Å². The van der Waals surface area contributed by atoms with E-state index < -0.39 is 0 Å². The largest absolute Gasteiger partial charge is 0.507 e. The lowest BCUT2D eigenvalue weighted by Gasteiger charge is -2.13. The molecule has 4 heteroatoms. The van der Waals surface area contributed by atoms with Crippen molar-refractivity contribution in [2.24, 2.45) is 0 Å². The molecule has 0 aliphatic heterocycles. The number of rotatable bonds is 3. The Labute approximate surface area is 200 Å². The van der Waals surface area contributed by atoms with Crippen molar-refractivity contribution in [3.05, 3.63) is 124 Å². The Morgan fingerprint density at radius 3 is 2.29 bits per heavy atom. The molecule has 168 valence electrons. The van der Waals surface area contributed by atoms with Crippen LogP contribution in [0.25, 0.3) is 43.8 Å². The second kappa shape index (κ2) is 7.96. The summed E-state index contributed by atoms with van der Waals surface area (Å²) in [6, 6.07) is 29.0. The highest BCUT2D eigenvalue weighted by Gasteiger charge is 2.18. The molecule has 0 saturated heterocycles. The Kier molecular flexibility index (Phi) is 4.75. The van der Waals surface area contributed by atoms with Gasteiger partial charge in [-0.2, -0.15) is 0 Å². The number of phenolic OH excluding ortho intramolecular Hbond substituents is 1. The lowest BCUT2D eigenvalue weighted by molar-refractivity contribution is 0.103. The van der Waals surface area contributed by atoms with E-state index in [9.17, 15) is 14.7 Å². The molecule has 0 bridgehead atoms. The number of ketones is 1. The van der Waals surface area contributed by atoms with E-state index in [1.165, 1.54) is 6.07 Å². The molecule has 1 heterocycles. The Morgan fingerprint density at radius 2 is 1.49 bits per heavy atom. The van der Waals surface area contributed by atoms with Gasteiger partial charge in [-0.3, -0.25) is 9.59 Å². The molecule has 0 aliphatic carbocycles. The Balaban J connectivity index is 1.70. The molecule has 0 radical (unpaired) electrons. The summed E-state index contributed by atoms with van der Waals surface area (Å²) in [7, 11) is 0. The smallest absolute Gasteiger partial charge is 0.201 e. The number of hydrogen-bond donors (Lipinski definition) is 1. The van der Waals surface area contributed by atoms with Gasteiger partial charge in [0.2, 0.25) is 5.43 Å². The van der Waals surface area contributed by atoms with Gasteiger partial charge < -0.3 is 9.52 Å². The summed E-state index contributed by atoms with van der Waals surface area (Å²) in [4.78, 5) is 26.8. The zero-order chi connectivity index (χ0) is 24.1. The minimum absolute atomic E-state index is 0.0676. The molecule has 6 rings (SSSR count). The standard InChI is InChI=1S/C31H20O4/c1-18-10-12-19(13-11-18)24-17-28-29(31(34)23-7-3-5-9-27(23)35-28)21-15-14-20(16-25(21)24)30(33)22-6-2-4-8-26(22)32/h2-17,32H,1H3. The van der Waals surface area contributed by atoms with E-state index >= 15 is 0 Å². The quantitative estimate of drug-likeness (QED) is 0.177. The van der Waals surface area contributed by atoms with Gasteiger partial charge in [0.1, 0.15) is 16.9 Å². The zero-order valence-electron chi connectivity index (χ0n) is 18.9. The van der Waals surface area contributed by atoms with Crippen molar-refractivity contribution < 1.29 is 14.3 Å². The number of carbonyl (C=O) groups is 1. The topological polar surface area (TPSA) is 67.5 Å². The maximum absolute atomic E-state index is 13.5. The first-order valence-corrected chi connectivity index (χ1v) is 11.3. The van der Waals surface area contributed by atoms with Crippen molar-refractivity contribution >= 4 is 38.5 Å². The highest BCUT2D eigenvalue weighted by Crippen LogP contribution is 2.36. The minimum Gasteiger partial charge on any atom is -0.507 e.